The lowest BCUT2D eigenvalue weighted by Crippen LogP contribution is -2.48. The molecule has 35 heavy (non-hydrogen) atoms. The van der Waals surface area contributed by atoms with Crippen LogP contribution in [0.1, 0.15) is 0 Å². The highest BCUT2D eigenvalue weighted by Gasteiger charge is 2.33. The zero-order chi connectivity index (χ0) is 24.4. The van der Waals surface area contributed by atoms with E-state index in [4.69, 9.17) is 0 Å². The molecule has 0 spiro atoms. The average molecular weight is 482 g/mol. The van der Waals surface area contributed by atoms with Gasteiger partial charge in [0.1, 0.15) is 18.0 Å². The molecule has 3 heterocycles. The lowest BCUT2D eigenvalue weighted by Gasteiger charge is -2.38. The second-order valence-corrected chi connectivity index (χ2v) is 8.48. The molecule has 0 bridgehead atoms. The van der Waals surface area contributed by atoms with E-state index >= 15 is 0 Å². The van der Waals surface area contributed by atoms with Crippen molar-refractivity contribution < 1.29 is 13.7 Å². The standard InChI is InChI=1S/C24H25F2N7O2/c25-18-5-1-3-7-20(18)29-9-13-31(14-10-29)23-22(33(34)35)24(28-17-27-23)32-15-11-30(12-16-32)21-8-4-2-6-19(21)26/h1-8,17H,9-16H2. The normalized spacial score (nSPS) is 16.5. The first-order chi connectivity index (χ1) is 17.0. The van der Waals surface area contributed by atoms with Gasteiger partial charge in [-0.25, -0.2) is 18.7 Å². The number of benzene rings is 2. The fourth-order valence-electron chi connectivity index (χ4n) is 4.72. The maximum atomic E-state index is 14.2. The molecule has 2 fully saturated rings. The van der Waals surface area contributed by atoms with Crippen molar-refractivity contribution in [2.24, 2.45) is 0 Å². The number of aromatic nitrogens is 2. The van der Waals surface area contributed by atoms with E-state index in [1.165, 1.54) is 18.5 Å². The van der Waals surface area contributed by atoms with E-state index in [2.05, 4.69) is 9.97 Å². The van der Waals surface area contributed by atoms with Crippen molar-refractivity contribution in [3.63, 3.8) is 0 Å². The molecule has 0 N–H and O–H groups in total. The van der Waals surface area contributed by atoms with Crippen LogP contribution in [-0.2, 0) is 0 Å². The van der Waals surface area contributed by atoms with Crippen molar-refractivity contribution in [3.05, 3.63) is 76.6 Å². The number of rotatable bonds is 5. The molecule has 3 aromatic rings. The molecular formula is C24H25F2N7O2. The topological polar surface area (TPSA) is 81.9 Å². The van der Waals surface area contributed by atoms with Crippen LogP contribution in [-0.4, -0.2) is 67.2 Å². The summed E-state index contributed by atoms with van der Waals surface area (Å²) < 4.78 is 28.4. The van der Waals surface area contributed by atoms with Gasteiger partial charge in [-0.05, 0) is 24.3 Å². The second kappa shape index (κ2) is 9.69. The molecular weight excluding hydrogens is 456 g/mol. The highest BCUT2D eigenvalue weighted by molar-refractivity contribution is 5.72. The van der Waals surface area contributed by atoms with Gasteiger partial charge in [0.25, 0.3) is 0 Å². The predicted octanol–water partition coefficient (Wildman–Crippen LogP) is 3.32. The Kier molecular flexibility index (Phi) is 6.30. The molecule has 2 aliphatic heterocycles. The van der Waals surface area contributed by atoms with Gasteiger partial charge >= 0.3 is 5.69 Å². The minimum atomic E-state index is -0.433. The Morgan fingerprint density at radius 1 is 0.657 bits per heavy atom. The number of piperazine rings is 2. The third-order valence-corrected chi connectivity index (χ3v) is 6.51. The number of halogens is 2. The first-order valence-electron chi connectivity index (χ1n) is 11.5. The maximum Gasteiger partial charge on any atom is 0.353 e. The van der Waals surface area contributed by atoms with E-state index < -0.39 is 4.92 Å². The largest absolute Gasteiger partial charge is 0.366 e. The fraction of sp³-hybridized carbons (Fsp3) is 0.333. The zero-order valence-electron chi connectivity index (χ0n) is 19.1. The van der Waals surface area contributed by atoms with Gasteiger partial charge in [0, 0.05) is 52.4 Å². The van der Waals surface area contributed by atoms with E-state index in [1.54, 1.807) is 36.4 Å². The average Bonchev–Trinajstić information content (AvgIpc) is 2.89. The Morgan fingerprint density at radius 3 is 1.40 bits per heavy atom. The summed E-state index contributed by atoms with van der Waals surface area (Å²) in [6, 6.07) is 13.2. The number of hydrogen-bond acceptors (Lipinski definition) is 8. The molecule has 9 nitrogen and oxygen atoms in total. The summed E-state index contributed by atoms with van der Waals surface area (Å²) in [4.78, 5) is 27.8. The molecule has 0 radical (unpaired) electrons. The van der Waals surface area contributed by atoms with E-state index in [9.17, 15) is 18.9 Å². The van der Waals surface area contributed by atoms with Gasteiger partial charge < -0.3 is 19.6 Å². The third-order valence-electron chi connectivity index (χ3n) is 6.51. The van der Waals surface area contributed by atoms with Crippen molar-refractivity contribution in [2.45, 2.75) is 0 Å². The molecule has 0 amide bonds. The van der Waals surface area contributed by atoms with Crippen LogP contribution in [0.2, 0.25) is 0 Å². The van der Waals surface area contributed by atoms with Crippen LogP contribution in [0.4, 0.5) is 37.5 Å². The van der Waals surface area contributed by atoms with Gasteiger partial charge in [-0.2, -0.15) is 0 Å². The van der Waals surface area contributed by atoms with Crippen LogP contribution in [0.3, 0.4) is 0 Å². The third kappa shape index (κ3) is 4.53. The molecule has 0 unspecified atom stereocenters. The zero-order valence-corrected chi connectivity index (χ0v) is 19.1. The fourth-order valence-corrected chi connectivity index (χ4v) is 4.72. The van der Waals surface area contributed by atoms with E-state index in [-0.39, 0.29) is 29.0 Å². The van der Waals surface area contributed by atoms with E-state index in [0.717, 1.165) is 0 Å². The van der Waals surface area contributed by atoms with Crippen molar-refractivity contribution in [1.29, 1.82) is 0 Å². The highest BCUT2D eigenvalue weighted by Crippen LogP contribution is 2.36. The first-order valence-corrected chi connectivity index (χ1v) is 11.5. The molecule has 5 rings (SSSR count). The van der Waals surface area contributed by atoms with Gasteiger partial charge in [0.15, 0.2) is 0 Å². The first kappa shape index (κ1) is 22.8. The van der Waals surface area contributed by atoms with Crippen LogP contribution in [0.25, 0.3) is 0 Å². The van der Waals surface area contributed by atoms with E-state index in [0.29, 0.717) is 63.7 Å². The van der Waals surface area contributed by atoms with Crippen LogP contribution in [0, 0.1) is 21.7 Å². The van der Waals surface area contributed by atoms with Gasteiger partial charge in [-0.3, -0.25) is 10.1 Å². The Bertz CT molecular complexity index is 1130. The number of anilines is 4. The van der Waals surface area contributed by atoms with Crippen molar-refractivity contribution in [3.8, 4) is 0 Å². The minimum Gasteiger partial charge on any atom is -0.366 e. The SMILES string of the molecule is O=[N+]([O-])c1c(N2CCN(c3ccccc3F)CC2)ncnc1N1CCN(c2ccccc2F)CC1. The Labute approximate surface area is 201 Å². The molecule has 0 aliphatic carbocycles. The Hall–Kier alpha value is -4.02. The lowest BCUT2D eigenvalue weighted by molar-refractivity contribution is -0.383. The maximum absolute atomic E-state index is 14.2. The van der Waals surface area contributed by atoms with Crippen molar-refractivity contribution >= 4 is 28.7 Å². The van der Waals surface area contributed by atoms with Crippen LogP contribution in [0.5, 0.6) is 0 Å². The lowest BCUT2D eigenvalue weighted by atomic mass is 10.2. The van der Waals surface area contributed by atoms with Gasteiger partial charge in [0.05, 0.1) is 16.3 Å². The molecule has 1 aromatic heterocycles. The molecule has 11 heteroatoms. The molecule has 2 saturated heterocycles. The van der Waals surface area contributed by atoms with Crippen molar-refractivity contribution in [1.82, 2.24) is 9.97 Å². The van der Waals surface area contributed by atoms with Crippen LogP contribution in [0.15, 0.2) is 54.9 Å². The second-order valence-electron chi connectivity index (χ2n) is 8.48. The number of para-hydroxylation sites is 2. The Balaban J connectivity index is 1.32. The van der Waals surface area contributed by atoms with Gasteiger partial charge in [-0.15, -0.1) is 0 Å². The monoisotopic (exact) mass is 481 g/mol. The van der Waals surface area contributed by atoms with E-state index in [1.807, 2.05) is 19.6 Å². The highest BCUT2D eigenvalue weighted by atomic mass is 19.1. The molecule has 0 atom stereocenters. The van der Waals surface area contributed by atoms with Crippen LogP contribution >= 0.6 is 0 Å². The van der Waals surface area contributed by atoms with Crippen LogP contribution < -0.4 is 19.6 Å². The Morgan fingerprint density at radius 2 is 1.03 bits per heavy atom. The number of hydrogen-bond donors (Lipinski definition) is 0. The van der Waals surface area contributed by atoms with Crippen molar-refractivity contribution in [2.75, 3.05) is 72.0 Å². The predicted molar refractivity (Wildman–Crippen MR) is 130 cm³/mol. The summed E-state index contributed by atoms with van der Waals surface area (Å²) in [6.45, 7) is 3.91. The minimum absolute atomic E-state index is 0.133. The summed E-state index contributed by atoms with van der Waals surface area (Å²) >= 11 is 0. The summed E-state index contributed by atoms with van der Waals surface area (Å²) in [5.74, 6) is -0.0361. The van der Waals surface area contributed by atoms with Gasteiger partial charge in [0.2, 0.25) is 11.6 Å². The molecule has 182 valence electrons. The number of nitrogens with zero attached hydrogens (tertiary/aromatic N) is 7. The summed E-state index contributed by atoms with van der Waals surface area (Å²) in [5, 5.41) is 12.1. The van der Waals surface area contributed by atoms with Gasteiger partial charge in [-0.1, -0.05) is 24.3 Å². The quantitative estimate of drug-likeness (QED) is 0.406. The molecule has 2 aromatic carbocycles. The number of nitro groups is 1. The molecule has 2 aliphatic rings. The summed E-state index contributed by atoms with van der Waals surface area (Å²) in [7, 11) is 0. The summed E-state index contributed by atoms with van der Waals surface area (Å²) in [6.07, 6.45) is 1.35. The summed E-state index contributed by atoms with van der Waals surface area (Å²) in [5.41, 5.74) is 0.918. The molecule has 0 saturated carbocycles. The smallest absolute Gasteiger partial charge is 0.353 e.